The molecule has 0 amide bonds. The van der Waals surface area contributed by atoms with Crippen LogP contribution in [-0.2, 0) is 4.74 Å². The summed E-state index contributed by atoms with van der Waals surface area (Å²) in [6, 6.07) is 5.41. The van der Waals surface area contributed by atoms with Crippen molar-refractivity contribution in [1.29, 1.82) is 0 Å². The van der Waals surface area contributed by atoms with Crippen molar-refractivity contribution in [3.8, 4) is 0 Å². The van der Waals surface area contributed by atoms with Crippen LogP contribution in [-0.4, -0.2) is 42.5 Å². The minimum atomic E-state index is -0.0630. The minimum Gasteiger partial charge on any atom is -0.394 e. The van der Waals surface area contributed by atoms with Gasteiger partial charge in [-0.2, -0.15) is 0 Å². The van der Waals surface area contributed by atoms with Crippen LogP contribution in [0.2, 0.25) is 5.02 Å². The molecule has 1 fully saturated rings. The molecule has 0 spiro atoms. The molecule has 2 rings (SSSR count). The van der Waals surface area contributed by atoms with Crippen molar-refractivity contribution in [2.24, 2.45) is 5.73 Å². The lowest BCUT2D eigenvalue weighted by atomic mass is 10.1. The fourth-order valence-electron chi connectivity index (χ4n) is 2.02. The fourth-order valence-corrected chi connectivity index (χ4v) is 2.43. The van der Waals surface area contributed by atoms with E-state index in [0.717, 1.165) is 11.3 Å². The van der Waals surface area contributed by atoms with Gasteiger partial charge in [-0.1, -0.05) is 23.8 Å². The van der Waals surface area contributed by atoms with Crippen LogP contribution in [0.15, 0.2) is 18.2 Å². The molecule has 0 saturated carbocycles. The molecular formula is C12H15ClN2O2S. The maximum absolute atomic E-state index is 9.35. The van der Waals surface area contributed by atoms with E-state index in [1.807, 2.05) is 12.1 Å². The normalized spacial score (nSPS) is 19.9. The summed E-state index contributed by atoms with van der Waals surface area (Å²) in [4.78, 5) is 2.37. The van der Waals surface area contributed by atoms with Crippen LogP contribution in [0.1, 0.15) is 5.56 Å². The van der Waals surface area contributed by atoms with Crippen LogP contribution in [0.3, 0.4) is 0 Å². The Morgan fingerprint density at radius 1 is 1.61 bits per heavy atom. The molecule has 1 atom stereocenters. The molecule has 18 heavy (non-hydrogen) atoms. The Bertz CT molecular complexity index is 456. The number of hydrogen-bond acceptors (Lipinski definition) is 4. The predicted molar refractivity (Wildman–Crippen MR) is 76.4 cm³/mol. The van der Waals surface area contributed by atoms with Gasteiger partial charge < -0.3 is 20.5 Å². The molecule has 4 nitrogen and oxygen atoms in total. The van der Waals surface area contributed by atoms with Crippen molar-refractivity contribution in [3.05, 3.63) is 28.8 Å². The van der Waals surface area contributed by atoms with Crippen molar-refractivity contribution in [2.75, 3.05) is 31.3 Å². The molecule has 1 heterocycles. The average Bonchev–Trinajstić information content (AvgIpc) is 2.38. The Kier molecular flexibility index (Phi) is 4.40. The second-order valence-electron chi connectivity index (χ2n) is 4.14. The highest BCUT2D eigenvalue weighted by Crippen LogP contribution is 2.29. The first-order valence-corrected chi connectivity index (χ1v) is 6.46. The Morgan fingerprint density at radius 3 is 3.00 bits per heavy atom. The summed E-state index contributed by atoms with van der Waals surface area (Å²) in [5.74, 6) is 0. The third-order valence-corrected chi connectivity index (χ3v) is 3.52. The molecule has 1 aromatic carbocycles. The second kappa shape index (κ2) is 5.84. The molecular weight excluding hydrogens is 272 g/mol. The molecule has 3 N–H and O–H groups in total. The average molecular weight is 287 g/mol. The summed E-state index contributed by atoms with van der Waals surface area (Å²) in [5, 5.41) is 9.93. The predicted octanol–water partition coefficient (Wildman–Crippen LogP) is 1.17. The number of nitrogens with two attached hydrogens (primary N) is 1. The summed E-state index contributed by atoms with van der Waals surface area (Å²) < 4.78 is 5.34. The Labute approximate surface area is 116 Å². The van der Waals surface area contributed by atoms with Crippen LogP contribution < -0.4 is 10.6 Å². The van der Waals surface area contributed by atoms with E-state index < -0.39 is 0 Å². The van der Waals surface area contributed by atoms with Crippen LogP contribution in [0.25, 0.3) is 0 Å². The number of nitrogens with zero attached hydrogens (tertiary/aromatic N) is 1. The van der Waals surface area contributed by atoms with Gasteiger partial charge in [0, 0.05) is 12.1 Å². The van der Waals surface area contributed by atoms with Gasteiger partial charge in [0.05, 0.1) is 36.6 Å². The summed E-state index contributed by atoms with van der Waals surface area (Å²) in [6.07, 6.45) is 0. The number of aliphatic hydroxyl groups is 1. The van der Waals surface area contributed by atoms with Gasteiger partial charge in [0.2, 0.25) is 0 Å². The summed E-state index contributed by atoms with van der Waals surface area (Å²) >= 11 is 11.2. The maximum Gasteiger partial charge on any atom is 0.104 e. The first-order valence-electron chi connectivity index (χ1n) is 5.68. The van der Waals surface area contributed by atoms with Gasteiger partial charge in [0.25, 0.3) is 0 Å². The zero-order valence-corrected chi connectivity index (χ0v) is 11.4. The van der Waals surface area contributed by atoms with E-state index in [2.05, 4.69) is 4.90 Å². The Hall–Kier alpha value is -0.880. The third kappa shape index (κ3) is 2.75. The monoisotopic (exact) mass is 286 g/mol. The van der Waals surface area contributed by atoms with Crippen molar-refractivity contribution in [2.45, 2.75) is 6.04 Å². The summed E-state index contributed by atoms with van der Waals surface area (Å²) in [6.45, 7) is 1.87. The molecule has 1 aliphatic heterocycles. The van der Waals surface area contributed by atoms with Crippen LogP contribution >= 0.6 is 23.8 Å². The van der Waals surface area contributed by atoms with E-state index in [4.69, 9.17) is 34.3 Å². The lowest BCUT2D eigenvalue weighted by Crippen LogP contribution is -2.47. The molecule has 1 aliphatic rings. The van der Waals surface area contributed by atoms with E-state index in [-0.39, 0.29) is 12.6 Å². The van der Waals surface area contributed by atoms with E-state index in [1.165, 1.54) is 0 Å². The van der Waals surface area contributed by atoms with Crippen molar-refractivity contribution >= 4 is 34.5 Å². The molecule has 0 aromatic heterocycles. The van der Waals surface area contributed by atoms with E-state index in [0.29, 0.717) is 29.8 Å². The number of halogens is 1. The molecule has 1 unspecified atom stereocenters. The SMILES string of the molecule is NC(=S)c1ccc(N2CCOCC2CO)c(Cl)c1. The number of aliphatic hydroxyl groups excluding tert-OH is 1. The number of rotatable bonds is 3. The zero-order valence-electron chi connectivity index (χ0n) is 9.80. The van der Waals surface area contributed by atoms with Gasteiger partial charge >= 0.3 is 0 Å². The highest BCUT2D eigenvalue weighted by atomic mass is 35.5. The van der Waals surface area contributed by atoms with Gasteiger partial charge in [-0.25, -0.2) is 0 Å². The van der Waals surface area contributed by atoms with Crippen LogP contribution in [0.5, 0.6) is 0 Å². The fraction of sp³-hybridized carbons (Fsp3) is 0.417. The van der Waals surface area contributed by atoms with Gasteiger partial charge in [-0.15, -0.1) is 0 Å². The number of benzene rings is 1. The molecule has 0 radical (unpaired) electrons. The number of anilines is 1. The smallest absolute Gasteiger partial charge is 0.104 e. The van der Waals surface area contributed by atoms with Crippen molar-refractivity contribution in [3.63, 3.8) is 0 Å². The molecule has 6 heteroatoms. The van der Waals surface area contributed by atoms with E-state index in [9.17, 15) is 5.11 Å². The van der Waals surface area contributed by atoms with Gasteiger partial charge in [-0.3, -0.25) is 0 Å². The lowest BCUT2D eigenvalue weighted by Gasteiger charge is -2.36. The molecule has 1 aromatic rings. The highest BCUT2D eigenvalue weighted by molar-refractivity contribution is 7.80. The summed E-state index contributed by atoms with van der Waals surface area (Å²) in [5.41, 5.74) is 7.18. The maximum atomic E-state index is 9.35. The lowest BCUT2D eigenvalue weighted by molar-refractivity contribution is 0.0727. The number of ether oxygens (including phenoxy) is 1. The van der Waals surface area contributed by atoms with E-state index in [1.54, 1.807) is 6.07 Å². The van der Waals surface area contributed by atoms with Crippen LogP contribution in [0, 0.1) is 0 Å². The quantitative estimate of drug-likeness (QED) is 0.817. The number of thiocarbonyl (C=S) groups is 1. The summed E-state index contributed by atoms with van der Waals surface area (Å²) in [7, 11) is 0. The molecule has 1 saturated heterocycles. The molecule has 0 aliphatic carbocycles. The molecule has 98 valence electrons. The van der Waals surface area contributed by atoms with E-state index >= 15 is 0 Å². The van der Waals surface area contributed by atoms with Gasteiger partial charge in [0.1, 0.15) is 4.99 Å². The second-order valence-corrected chi connectivity index (χ2v) is 4.98. The topological polar surface area (TPSA) is 58.7 Å². The number of morpholine rings is 1. The minimum absolute atomic E-state index is 0.0351. The van der Waals surface area contributed by atoms with Crippen LogP contribution in [0.4, 0.5) is 5.69 Å². The standard InChI is InChI=1S/C12H15ClN2O2S/c13-10-5-8(12(14)18)1-2-11(10)15-3-4-17-7-9(15)6-16/h1-2,5,9,16H,3-4,6-7H2,(H2,14,18). The Balaban J connectivity index is 2.29. The first-order chi connectivity index (χ1) is 8.63. The van der Waals surface area contributed by atoms with Gasteiger partial charge in [0.15, 0.2) is 0 Å². The van der Waals surface area contributed by atoms with Crippen molar-refractivity contribution in [1.82, 2.24) is 0 Å². The third-order valence-electron chi connectivity index (χ3n) is 2.98. The highest BCUT2D eigenvalue weighted by Gasteiger charge is 2.24. The molecule has 0 bridgehead atoms. The van der Waals surface area contributed by atoms with Gasteiger partial charge in [-0.05, 0) is 18.2 Å². The first kappa shape index (κ1) is 13.5. The van der Waals surface area contributed by atoms with Crippen molar-refractivity contribution < 1.29 is 9.84 Å². The zero-order chi connectivity index (χ0) is 13.1. The Morgan fingerprint density at radius 2 is 2.39 bits per heavy atom. The number of hydrogen-bond donors (Lipinski definition) is 2. The largest absolute Gasteiger partial charge is 0.394 e.